The highest BCUT2D eigenvalue weighted by molar-refractivity contribution is 5.91. The summed E-state index contributed by atoms with van der Waals surface area (Å²) in [6.07, 6.45) is -0.259. The van der Waals surface area contributed by atoms with Crippen molar-refractivity contribution in [1.29, 1.82) is 0 Å². The summed E-state index contributed by atoms with van der Waals surface area (Å²) in [5.41, 5.74) is -4.00. The Hall–Kier alpha value is -3.76. The van der Waals surface area contributed by atoms with E-state index in [0.717, 1.165) is 56.4 Å². The molecule has 0 spiro atoms. The number of alkyl halides is 3. The Morgan fingerprint density at radius 1 is 1.06 bits per heavy atom. The van der Waals surface area contributed by atoms with Gasteiger partial charge in [-0.15, -0.1) is 0 Å². The number of carbonyl (C=O) groups excluding carboxylic acids is 1. The quantitative estimate of drug-likeness (QED) is 0.492. The Morgan fingerprint density at radius 3 is 2.42 bits per heavy atom. The molecular formula is C25H24F4N4O3. The first-order valence-corrected chi connectivity index (χ1v) is 11.5. The maximum absolute atomic E-state index is 14.6. The molecule has 4 rings (SSSR count). The minimum Gasteiger partial charge on any atom is -0.337 e. The second kappa shape index (κ2) is 10.1. The molecule has 0 saturated heterocycles. The fraction of sp³-hybridized carbons (Fsp3) is 0.360. The van der Waals surface area contributed by atoms with E-state index in [4.69, 9.17) is 0 Å². The Labute approximate surface area is 203 Å². The summed E-state index contributed by atoms with van der Waals surface area (Å²) >= 11 is 0. The van der Waals surface area contributed by atoms with Gasteiger partial charge in [-0.25, -0.2) is 9.18 Å². The third-order valence-electron chi connectivity index (χ3n) is 6.38. The van der Waals surface area contributed by atoms with Crippen molar-refractivity contribution in [2.45, 2.75) is 50.9 Å². The molecule has 0 bridgehead atoms. The number of rotatable bonds is 5. The van der Waals surface area contributed by atoms with Crippen molar-refractivity contribution in [2.24, 2.45) is 0 Å². The van der Waals surface area contributed by atoms with Gasteiger partial charge in [-0.1, -0.05) is 43.5 Å². The lowest BCUT2D eigenvalue weighted by Gasteiger charge is -2.30. The smallest absolute Gasteiger partial charge is 0.337 e. The molecule has 11 heteroatoms. The minimum absolute atomic E-state index is 0.00865. The molecule has 36 heavy (non-hydrogen) atoms. The molecule has 0 aliphatic heterocycles. The van der Waals surface area contributed by atoms with Gasteiger partial charge in [-0.05, 0) is 42.7 Å². The van der Waals surface area contributed by atoms with E-state index in [1.807, 2.05) is 0 Å². The van der Waals surface area contributed by atoms with Crippen LogP contribution in [0.5, 0.6) is 0 Å². The first kappa shape index (κ1) is 25.3. The highest BCUT2D eigenvalue weighted by atomic mass is 19.4. The summed E-state index contributed by atoms with van der Waals surface area (Å²) in [6, 6.07) is 9.21. The fourth-order valence-corrected chi connectivity index (χ4v) is 4.40. The van der Waals surface area contributed by atoms with Crippen molar-refractivity contribution in [2.75, 3.05) is 7.05 Å². The van der Waals surface area contributed by atoms with Gasteiger partial charge in [0, 0.05) is 13.1 Å². The third kappa shape index (κ3) is 5.09. The Bertz CT molecular complexity index is 1390. The Kier molecular flexibility index (Phi) is 7.09. The zero-order chi connectivity index (χ0) is 26.0. The van der Waals surface area contributed by atoms with Crippen LogP contribution in [0.25, 0.3) is 5.69 Å². The standard InChI is InChI=1S/C25H24F4N4O3/c1-31(18-10-3-2-4-11-18)22(34)21-23(35)32(15-16-8-7-9-17(14-16)25(27,28)29)24(36)33(30-21)20-13-6-5-12-19(20)26/h5-9,12-14,18H,2-4,10-11,15H2,1H3. The number of amides is 1. The molecule has 0 atom stereocenters. The summed E-state index contributed by atoms with van der Waals surface area (Å²) in [7, 11) is 1.54. The van der Waals surface area contributed by atoms with E-state index in [0.29, 0.717) is 9.25 Å². The lowest BCUT2D eigenvalue weighted by molar-refractivity contribution is -0.137. The fourth-order valence-electron chi connectivity index (χ4n) is 4.40. The highest BCUT2D eigenvalue weighted by Crippen LogP contribution is 2.29. The van der Waals surface area contributed by atoms with Gasteiger partial charge in [-0.2, -0.15) is 23.0 Å². The van der Waals surface area contributed by atoms with Gasteiger partial charge in [0.05, 0.1) is 12.1 Å². The second-order valence-corrected chi connectivity index (χ2v) is 8.79. The zero-order valence-corrected chi connectivity index (χ0v) is 19.5. The number of benzene rings is 2. The topological polar surface area (TPSA) is 77.2 Å². The van der Waals surface area contributed by atoms with E-state index in [1.165, 1.54) is 36.2 Å². The second-order valence-electron chi connectivity index (χ2n) is 8.79. The summed E-state index contributed by atoms with van der Waals surface area (Å²) in [5.74, 6) is -1.56. The molecule has 1 fully saturated rings. The predicted octanol–water partition coefficient (Wildman–Crippen LogP) is 4.01. The van der Waals surface area contributed by atoms with Crippen molar-refractivity contribution in [3.63, 3.8) is 0 Å². The maximum atomic E-state index is 14.6. The molecule has 1 amide bonds. The van der Waals surface area contributed by atoms with Crippen LogP contribution >= 0.6 is 0 Å². The van der Waals surface area contributed by atoms with Crippen LogP contribution in [0.1, 0.15) is 53.7 Å². The molecule has 0 N–H and O–H groups in total. The lowest BCUT2D eigenvalue weighted by Crippen LogP contribution is -2.48. The minimum atomic E-state index is -4.63. The third-order valence-corrected chi connectivity index (χ3v) is 6.38. The Morgan fingerprint density at radius 2 is 1.75 bits per heavy atom. The van der Waals surface area contributed by atoms with Gasteiger partial charge in [0.15, 0.2) is 0 Å². The van der Waals surface area contributed by atoms with Crippen molar-refractivity contribution < 1.29 is 22.4 Å². The molecule has 1 aliphatic rings. The molecule has 0 unspecified atom stereocenters. The first-order chi connectivity index (χ1) is 17.1. The van der Waals surface area contributed by atoms with Crippen molar-refractivity contribution in [3.8, 4) is 5.69 Å². The molecule has 3 aromatic rings. The predicted molar refractivity (Wildman–Crippen MR) is 124 cm³/mol. The maximum Gasteiger partial charge on any atom is 0.416 e. The number of aromatic nitrogens is 3. The highest BCUT2D eigenvalue weighted by Gasteiger charge is 2.31. The van der Waals surface area contributed by atoms with Gasteiger partial charge < -0.3 is 4.90 Å². The summed E-state index contributed by atoms with van der Waals surface area (Å²) < 4.78 is 55.4. The van der Waals surface area contributed by atoms with E-state index >= 15 is 0 Å². The first-order valence-electron chi connectivity index (χ1n) is 11.5. The molecular weight excluding hydrogens is 480 g/mol. The van der Waals surface area contributed by atoms with Gasteiger partial charge in [0.2, 0.25) is 5.69 Å². The largest absolute Gasteiger partial charge is 0.416 e. The molecule has 1 aromatic heterocycles. The molecule has 0 radical (unpaired) electrons. The van der Waals surface area contributed by atoms with E-state index in [-0.39, 0.29) is 17.3 Å². The van der Waals surface area contributed by atoms with Crippen LogP contribution in [0.3, 0.4) is 0 Å². The van der Waals surface area contributed by atoms with Gasteiger partial charge in [-0.3, -0.25) is 14.2 Å². The van der Waals surface area contributed by atoms with Crippen LogP contribution in [0.4, 0.5) is 17.6 Å². The number of para-hydroxylation sites is 1. The van der Waals surface area contributed by atoms with E-state index in [2.05, 4.69) is 5.10 Å². The van der Waals surface area contributed by atoms with Crippen molar-refractivity contribution >= 4 is 5.91 Å². The van der Waals surface area contributed by atoms with Crippen LogP contribution in [0, 0.1) is 5.82 Å². The zero-order valence-electron chi connectivity index (χ0n) is 19.5. The van der Waals surface area contributed by atoms with Crippen LogP contribution < -0.4 is 11.2 Å². The number of nitrogens with zero attached hydrogens (tertiary/aromatic N) is 4. The summed E-state index contributed by atoms with van der Waals surface area (Å²) in [4.78, 5) is 41.2. The molecule has 7 nitrogen and oxygen atoms in total. The van der Waals surface area contributed by atoms with Gasteiger partial charge in [0.1, 0.15) is 11.5 Å². The molecule has 1 saturated carbocycles. The Balaban J connectivity index is 1.85. The van der Waals surface area contributed by atoms with E-state index in [1.54, 1.807) is 0 Å². The molecule has 2 aromatic carbocycles. The molecule has 1 heterocycles. The number of hydrogen-bond donors (Lipinski definition) is 0. The van der Waals surface area contributed by atoms with Crippen LogP contribution in [0.15, 0.2) is 58.1 Å². The van der Waals surface area contributed by atoms with E-state index < -0.39 is 47.0 Å². The molecule has 1 aliphatic carbocycles. The van der Waals surface area contributed by atoms with Crippen molar-refractivity contribution in [1.82, 2.24) is 19.2 Å². The number of halogens is 4. The number of hydrogen-bond acceptors (Lipinski definition) is 4. The monoisotopic (exact) mass is 504 g/mol. The van der Waals surface area contributed by atoms with Crippen molar-refractivity contribution in [3.05, 3.63) is 92.0 Å². The number of carbonyl (C=O) groups is 1. The van der Waals surface area contributed by atoms with Crippen LogP contribution in [-0.2, 0) is 12.7 Å². The SMILES string of the molecule is CN(C(=O)c1nn(-c2ccccc2F)c(=O)n(Cc2cccc(C(F)(F)F)c2)c1=O)C1CCCCC1. The lowest BCUT2D eigenvalue weighted by atomic mass is 9.94. The molecule has 190 valence electrons. The normalized spacial score (nSPS) is 14.6. The average molecular weight is 504 g/mol. The van der Waals surface area contributed by atoms with Gasteiger partial charge >= 0.3 is 11.9 Å². The van der Waals surface area contributed by atoms with Gasteiger partial charge in [0.25, 0.3) is 11.5 Å². The van der Waals surface area contributed by atoms with E-state index in [9.17, 15) is 31.9 Å². The average Bonchev–Trinajstić information content (AvgIpc) is 2.87. The summed E-state index contributed by atoms with van der Waals surface area (Å²) in [6.45, 7) is -0.564. The van der Waals surface area contributed by atoms with Crippen LogP contribution in [-0.4, -0.2) is 38.2 Å². The van der Waals surface area contributed by atoms with Crippen LogP contribution in [0.2, 0.25) is 0 Å². The summed E-state index contributed by atoms with van der Waals surface area (Å²) in [5, 5.41) is 3.94.